The van der Waals surface area contributed by atoms with Gasteiger partial charge in [-0.1, -0.05) is 0 Å². The van der Waals surface area contributed by atoms with Crippen molar-refractivity contribution in [3.63, 3.8) is 0 Å². The molecule has 0 bridgehead atoms. The van der Waals surface area contributed by atoms with Crippen molar-refractivity contribution >= 4 is 22.9 Å². The molecule has 3 aromatic rings. The van der Waals surface area contributed by atoms with Crippen LogP contribution >= 0.6 is 0 Å². The maximum absolute atomic E-state index is 12.5. The van der Waals surface area contributed by atoms with Crippen LogP contribution in [0.15, 0.2) is 31.0 Å². The van der Waals surface area contributed by atoms with E-state index in [0.717, 1.165) is 5.69 Å². The Hall–Kier alpha value is -3.11. The van der Waals surface area contributed by atoms with Gasteiger partial charge in [0.2, 0.25) is 0 Å². The zero-order valence-electron chi connectivity index (χ0n) is 17.1. The van der Waals surface area contributed by atoms with Crippen molar-refractivity contribution in [2.45, 2.75) is 44.1 Å². The van der Waals surface area contributed by atoms with Crippen molar-refractivity contribution in [2.24, 2.45) is 0 Å². The van der Waals surface area contributed by atoms with Gasteiger partial charge in [-0.15, -0.1) is 0 Å². The Labute approximate surface area is 173 Å². The number of aliphatic hydroxyl groups is 2. The lowest BCUT2D eigenvalue weighted by atomic mass is 9.85. The van der Waals surface area contributed by atoms with Gasteiger partial charge in [-0.2, -0.15) is 0 Å². The van der Waals surface area contributed by atoms with Gasteiger partial charge >= 0.3 is 0 Å². The Morgan fingerprint density at radius 1 is 1.13 bits per heavy atom. The number of nitrogens with one attached hydrogen (secondary N) is 1. The topological polar surface area (TPSA) is 129 Å². The molecule has 10 nitrogen and oxygen atoms in total. The number of pyridine rings is 1. The molecule has 0 aliphatic heterocycles. The molecular weight excluding hydrogens is 386 g/mol. The minimum absolute atomic E-state index is 0.325. The third kappa shape index (κ3) is 3.59. The number of hydrogen-bond acceptors (Lipinski definition) is 8. The lowest BCUT2D eigenvalue weighted by Crippen LogP contribution is -2.54. The normalized spacial score (nSPS) is 24.0. The lowest BCUT2D eigenvalue weighted by Gasteiger charge is -2.38. The molecule has 30 heavy (non-hydrogen) atoms. The van der Waals surface area contributed by atoms with Gasteiger partial charge in [0.15, 0.2) is 17.0 Å². The molecule has 1 saturated carbocycles. The van der Waals surface area contributed by atoms with Gasteiger partial charge in [0, 0.05) is 26.0 Å². The molecule has 1 aliphatic rings. The van der Waals surface area contributed by atoms with Crippen LogP contribution in [0.4, 0.5) is 5.82 Å². The molecule has 1 amide bonds. The van der Waals surface area contributed by atoms with Crippen molar-refractivity contribution in [3.8, 4) is 0 Å². The number of hydrogen-bond donors (Lipinski definition) is 3. The molecule has 0 radical (unpaired) electrons. The van der Waals surface area contributed by atoms with E-state index < -0.39 is 24.3 Å². The predicted octanol–water partition coefficient (Wildman–Crippen LogP) is 0.451. The summed E-state index contributed by atoms with van der Waals surface area (Å²) in [4.78, 5) is 31.4. The Morgan fingerprint density at radius 3 is 2.63 bits per heavy atom. The highest BCUT2D eigenvalue weighted by Crippen LogP contribution is 2.32. The van der Waals surface area contributed by atoms with Crippen molar-refractivity contribution in [1.82, 2.24) is 29.8 Å². The van der Waals surface area contributed by atoms with Gasteiger partial charge in [-0.25, -0.2) is 15.0 Å². The highest BCUT2D eigenvalue weighted by molar-refractivity contribution is 5.94. The van der Waals surface area contributed by atoms with Gasteiger partial charge in [0.25, 0.3) is 5.91 Å². The summed E-state index contributed by atoms with van der Waals surface area (Å²) >= 11 is 0. The van der Waals surface area contributed by atoms with Gasteiger partial charge in [0.05, 0.1) is 24.0 Å². The zero-order valence-corrected chi connectivity index (χ0v) is 17.1. The summed E-state index contributed by atoms with van der Waals surface area (Å²) in [7, 11) is 3.74. The Morgan fingerprint density at radius 2 is 1.93 bits per heavy atom. The number of aromatic nitrogens is 5. The number of carbonyl (C=O) groups is 1. The van der Waals surface area contributed by atoms with E-state index in [4.69, 9.17) is 0 Å². The highest BCUT2D eigenvalue weighted by Gasteiger charge is 2.39. The van der Waals surface area contributed by atoms with Crippen LogP contribution < -0.4 is 10.2 Å². The summed E-state index contributed by atoms with van der Waals surface area (Å²) in [6.07, 6.45) is 3.40. The monoisotopic (exact) mass is 411 g/mol. The fourth-order valence-electron chi connectivity index (χ4n) is 3.88. The smallest absolute Gasteiger partial charge is 0.253 e. The number of carbonyl (C=O) groups excluding carboxylic acids is 1. The molecule has 0 spiro atoms. The molecule has 4 atom stereocenters. The molecule has 0 aromatic carbocycles. The first-order valence-corrected chi connectivity index (χ1v) is 9.81. The molecule has 10 heteroatoms. The van der Waals surface area contributed by atoms with Crippen LogP contribution in [0.3, 0.4) is 0 Å². The first kappa shape index (κ1) is 20.2. The van der Waals surface area contributed by atoms with Crippen molar-refractivity contribution < 1.29 is 15.0 Å². The summed E-state index contributed by atoms with van der Waals surface area (Å²) < 4.78 is 1.78. The zero-order chi connectivity index (χ0) is 21.4. The molecular formula is C20H25N7O3. The molecule has 3 heterocycles. The maximum Gasteiger partial charge on any atom is 0.253 e. The third-order valence-electron chi connectivity index (χ3n) is 5.54. The number of aliphatic hydroxyl groups excluding tert-OH is 2. The Bertz CT molecular complexity index is 1050. The average Bonchev–Trinajstić information content (AvgIpc) is 3.16. The molecule has 0 saturated heterocycles. The number of rotatable bonds is 4. The van der Waals surface area contributed by atoms with Crippen molar-refractivity contribution in [3.05, 3.63) is 42.2 Å². The van der Waals surface area contributed by atoms with Crippen LogP contribution in [0.25, 0.3) is 11.2 Å². The average molecular weight is 411 g/mol. The summed E-state index contributed by atoms with van der Waals surface area (Å²) in [5, 5.41) is 24.3. The van der Waals surface area contributed by atoms with Crippen LogP contribution in [-0.4, -0.2) is 73.0 Å². The van der Waals surface area contributed by atoms with E-state index in [-0.39, 0.29) is 5.91 Å². The summed E-state index contributed by atoms with van der Waals surface area (Å²) in [5.41, 5.74) is 2.46. The first-order chi connectivity index (χ1) is 14.4. The van der Waals surface area contributed by atoms with Crippen LogP contribution in [0.2, 0.25) is 0 Å². The second-order valence-corrected chi connectivity index (χ2v) is 7.81. The van der Waals surface area contributed by atoms with Gasteiger partial charge in [0.1, 0.15) is 18.5 Å². The minimum Gasteiger partial charge on any atom is -0.388 e. The van der Waals surface area contributed by atoms with E-state index in [1.165, 1.54) is 12.5 Å². The fraction of sp³-hybridized carbons (Fsp3) is 0.450. The van der Waals surface area contributed by atoms with E-state index in [0.29, 0.717) is 35.4 Å². The first-order valence-electron chi connectivity index (χ1n) is 9.81. The number of imidazole rings is 1. The predicted molar refractivity (Wildman–Crippen MR) is 110 cm³/mol. The van der Waals surface area contributed by atoms with Crippen molar-refractivity contribution in [1.29, 1.82) is 0 Å². The Balaban J connectivity index is 1.52. The summed E-state index contributed by atoms with van der Waals surface area (Å²) in [6, 6.07) is 2.47. The third-order valence-corrected chi connectivity index (χ3v) is 5.54. The SMILES string of the molecule is Cc1ccc(C(=O)N[C@@H]2CC[C@@H](n3cnc4c(N(C)C)ncnc43)[C@H](O)[C@H]2O)cn1. The maximum atomic E-state index is 12.5. The summed E-state index contributed by atoms with van der Waals surface area (Å²) in [5.74, 6) is 0.357. The van der Waals surface area contributed by atoms with Gasteiger partial charge in [-0.05, 0) is 31.9 Å². The van der Waals surface area contributed by atoms with Crippen LogP contribution in [0, 0.1) is 6.92 Å². The standard InChI is InChI=1S/C20H25N7O3/c1-11-4-5-12(8-21-11)20(30)25-13-6-7-14(17(29)16(13)28)27-10-24-15-18(26(2)3)22-9-23-19(15)27/h4-5,8-10,13-14,16-17,28-29H,6-7H2,1-3H3,(H,25,30)/t13-,14-,16+,17+/m1/s1. The van der Waals surface area contributed by atoms with Crippen LogP contribution in [0.1, 0.15) is 34.9 Å². The molecule has 4 rings (SSSR count). The van der Waals surface area contributed by atoms with E-state index in [9.17, 15) is 15.0 Å². The number of fused-ring (bicyclic) bond motifs is 1. The number of anilines is 1. The van der Waals surface area contributed by atoms with E-state index >= 15 is 0 Å². The van der Waals surface area contributed by atoms with E-state index in [2.05, 4.69) is 25.3 Å². The number of nitrogens with zero attached hydrogens (tertiary/aromatic N) is 6. The van der Waals surface area contributed by atoms with Crippen LogP contribution in [-0.2, 0) is 0 Å². The van der Waals surface area contributed by atoms with Gasteiger partial charge in [-0.3, -0.25) is 9.78 Å². The Kier molecular flexibility index (Phi) is 5.35. The number of aryl methyl sites for hydroxylation is 1. The minimum atomic E-state index is -1.13. The quantitative estimate of drug-likeness (QED) is 0.564. The lowest BCUT2D eigenvalue weighted by molar-refractivity contribution is -0.0552. The van der Waals surface area contributed by atoms with Crippen LogP contribution in [0.5, 0.6) is 0 Å². The fourth-order valence-corrected chi connectivity index (χ4v) is 3.88. The van der Waals surface area contributed by atoms with Crippen molar-refractivity contribution in [2.75, 3.05) is 19.0 Å². The molecule has 3 aromatic heterocycles. The second-order valence-electron chi connectivity index (χ2n) is 7.81. The van der Waals surface area contributed by atoms with Gasteiger partial charge < -0.3 is 25.0 Å². The number of amides is 1. The summed E-state index contributed by atoms with van der Waals surface area (Å²) in [6.45, 7) is 1.84. The van der Waals surface area contributed by atoms with E-state index in [1.54, 1.807) is 23.0 Å². The second kappa shape index (κ2) is 7.96. The highest BCUT2D eigenvalue weighted by atomic mass is 16.3. The molecule has 0 unspecified atom stereocenters. The molecule has 3 N–H and O–H groups in total. The molecule has 1 fully saturated rings. The molecule has 1 aliphatic carbocycles. The van der Waals surface area contributed by atoms with E-state index in [1.807, 2.05) is 25.9 Å². The molecule has 158 valence electrons. The largest absolute Gasteiger partial charge is 0.388 e.